The molecule has 1 N–H and O–H groups in total. The van der Waals surface area contributed by atoms with Gasteiger partial charge in [-0.15, -0.1) is 0 Å². The molecule has 0 aliphatic heterocycles. The Morgan fingerprint density at radius 1 is 1.30 bits per heavy atom. The minimum atomic E-state index is -1.55. The summed E-state index contributed by atoms with van der Waals surface area (Å²) < 4.78 is 0. The molecule has 56 valence electrons. The molecule has 0 rings (SSSR count). The van der Waals surface area contributed by atoms with E-state index in [4.69, 9.17) is 5.11 Å². The van der Waals surface area contributed by atoms with Gasteiger partial charge < -0.3 is 5.11 Å². The Kier molecular flexibility index (Phi) is 7.54. The molecule has 0 saturated heterocycles. The molecule has 0 unspecified atom stereocenters. The smallest absolute Gasteiger partial charge is 0.372 e. The van der Waals surface area contributed by atoms with E-state index in [-0.39, 0.29) is 40.4 Å². The summed E-state index contributed by atoms with van der Waals surface area (Å²) in [5, 5.41) is 7.93. The van der Waals surface area contributed by atoms with Crippen molar-refractivity contribution in [2.45, 2.75) is 13.3 Å². The molecule has 0 atom stereocenters. The number of hydrogen-bond acceptors (Lipinski definition) is 3. The molecular weight excluding hydrogens is 274 g/mol. The minimum absolute atomic E-state index is 0. The van der Waals surface area contributed by atoms with Crippen LogP contribution in [0.3, 0.4) is 0 Å². The number of rotatable bonds is 3. The third kappa shape index (κ3) is 6.27. The fraction of sp³-hybridized carbons (Fsp3) is 0.400. The third-order valence-corrected chi connectivity index (χ3v) is 0.648. The van der Waals surface area contributed by atoms with Crippen LogP contribution < -0.4 is 0 Å². The normalized spacial score (nSPS) is 7.70. The summed E-state index contributed by atoms with van der Waals surface area (Å²) in [6.07, 6.45) is -0.505. The summed E-state index contributed by atoms with van der Waals surface area (Å²) >= 11 is 0. The van der Waals surface area contributed by atoms with Gasteiger partial charge >= 0.3 is 5.97 Å². The van der Waals surface area contributed by atoms with Crippen molar-refractivity contribution in [3.63, 3.8) is 0 Å². The molecule has 0 aliphatic carbocycles. The summed E-state index contributed by atoms with van der Waals surface area (Å²) in [7, 11) is 0. The van der Waals surface area contributed by atoms with E-state index in [1.807, 2.05) is 0 Å². The first-order valence-corrected chi connectivity index (χ1v) is 2.29. The quantitative estimate of drug-likeness (QED) is 0.565. The molecule has 0 aliphatic rings. The molecule has 0 radical (unpaired) electrons. The number of carboxylic acid groups (broad SMARTS) is 1. The molecule has 10 heavy (non-hydrogen) atoms. The van der Waals surface area contributed by atoms with Crippen LogP contribution in [0.1, 0.15) is 13.3 Å². The van der Waals surface area contributed by atoms with Crippen LogP contribution in [0.2, 0.25) is 0 Å². The number of ketones is 2. The van der Waals surface area contributed by atoms with Gasteiger partial charge in [-0.2, -0.15) is 0 Å². The second-order valence-corrected chi connectivity index (χ2v) is 1.61. The van der Waals surface area contributed by atoms with Gasteiger partial charge in [0.2, 0.25) is 5.78 Å². The van der Waals surface area contributed by atoms with E-state index in [9.17, 15) is 14.4 Å². The maximum absolute atomic E-state index is 10.1. The first-order valence-electron chi connectivity index (χ1n) is 2.29. The van der Waals surface area contributed by atoms with Crippen molar-refractivity contribution in [3.8, 4) is 0 Å². The Labute approximate surface area is 90.1 Å². The molecule has 0 aromatic carbocycles. The minimum Gasteiger partial charge on any atom is -0.475 e. The van der Waals surface area contributed by atoms with Crippen molar-refractivity contribution in [3.05, 3.63) is 0 Å². The van der Waals surface area contributed by atoms with E-state index in [1.54, 1.807) is 0 Å². The monoisotopic (exact) mass is 282 g/mol. The number of carbonyl (C=O) groups is 3. The molecule has 5 heteroatoms. The van der Waals surface area contributed by atoms with E-state index in [2.05, 4.69) is 0 Å². The summed E-state index contributed by atoms with van der Waals surface area (Å²) in [4.78, 5) is 29.9. The van der Waals surface area contributed by atoms with Crippen molar-refractivity contribution in [1.29, 1.82) is 0 Å². The van der Waals surface area contributed by atoms with E-state index in [1.165, 1.54) is 6.92 Å². The van der Waals surface area contributed by atoms with Gasteiger partial charge in [0.15, 0.2) is 0 Å². The summed E-state index contributed by atoms with van der Waals surface area (Å²) in [5.74, 6) is -3.03. The van der Waals surface area contributed by atoms with E-state index in [0.717, 1.165) is 0 Å². The summed E-state index contributed by atoms with van der Waals surface area (Å²) in [5.41, 5.74) is 0. The zero-order valence-electron chi connectivity index (χ0n) is 5.29. The van der Waals surface area contributed by atoms with Crippen LogP contribution >= 0.6 is 0 Å². The van der Waals surface area contributed by atoms with Crippen molar-refractivity contribution in [2.75, 3.05) is 0 Å². The number of aliphatic carboxylic acids is 1. The number of hydrogen-bond donors (Lipinski definition) is 1. The SMILES string of the molecule is CC(=O)CC(=O)C(=O)O.[Sm]. The van der Waals surface area contributed by atoms with Gasteiger partial charge in [-0.1, -0.05) is 0 Å². The second kappa shape index (κ2) is 5.90. The molecule has 0 bridgehead atoms. The maximum atomic E-state index is 10.1. The van der Waals surface area contributed by atoms with E-state index >= 15 is 0 Å². The number of Topliss-reactive ketones (excluding diaryl/α,β-unsaturated/α-hetero) is 2. The topological polar surface area (TPSA) is 71.4 Å². The van der Waals surface area contributed by atoms with Gasteiger partial charge in [-0.05, 0) is 6.92 Å². The third-order valence-electron chi connectivity index (χ3n) is 0.648. The van der Waals surface area contributed by atoms with Crippen LogP contribution in [0.25, 0.3) is 0 Å². The average Bonchev–Trinajstić information content (AvgIpc) is 1.63. The molecule has 0 saturated carbocycles. The Bertz CT molecular complexity index is 163. The number of carboxylic acids is 1. The molecule has 4 nitrogen and oxygen atoms in total. The van der Waals surface area contributed by atoms with Crippen molar-refractivity contribution in [2.24, 2.45) is 0 Å². The van der Waals surface area contributed by atoms with Crippen LogP contribution in [0.5, 0.6) is 0 Å². The van der Waals surface area contributed by atoms with Gasteiger partial charge in [-0.25, -0.2) is 4.79 Å². The Morgan fingerprint density at radius 3 is 1.80 bits per heavy atom. The molecule has 0 heterocycles. The molecular formula is C5H6O4Sm. The Balaban J connectivity index is 0. The first kappa shape index (κ1) is 12.8. The van der Waals surface area contributed by atoms with Crippen molar-refractivity contribution >= 4 is 17.5 Å². The van der Waals surface area contributed by atoms with Crippen LogP contribution in [0.4, 0.5) is 0 Å². The maximum Gasteiger partial charge on any atom is 0.372 e. The van der Waals surface area contributed by atoms with E-state index in [0.29, 0.717) is 0 Å². The van der Waals surface area contributed by atoms with Crippen molar-refractivity contribution < 1.29 is 59.9 Å². The first-order chi connectivity index (χ1) is 4.04. The Hall–Kier alpha value is 0.148. The van der Waals surface area contributed by atoms with E-state index < -0.39 is 24.0 Å². The van der Waals surface area contributed by atoms with Gasteiger partial charge in [0.25, 0.3) is 0 Å². The number of carbonyl (C=O) groups excluding carboxylic acids is 2. The molecule has 0 aromatic heterocycles. The summed E-state index contributed by atoms with van der Waals surface area (Å²) in [6.45, 7) is 1.17. The molecule has 0 aromatic rings. The van der Waals surface area contributed by atoms with Crippen molar-refractivity contribution in [1.82, 2.24) is 0 Å². The second-order valence-electron chi connectivity index (χ2n) is 1.61. The molecule has 0 fully saturated rings. The van der Waals surface area contributed by atoms with Gasteiger partial charge in [0.1, 0.15) is 5.78 Å². The zero-order valence-corrected chi connectivity index (χ0v) is 7.91. The van der Waals surface area contributed by atoms with Gasteiger partial charge in [-0.3, -0.25) is 9.59 Å². The molecule has 0 spiro atoms. The molecule has 0 amide bonds. The predicted molar refractivity (Wildman–Crippen MR) is 27.9 cm³/mol. The standard InChI is InChI=1S/C5H6O4.Sm/c1-3(6)2-4(7)5(8)9;/h2H2,1H3,(H,8,9);. The van der Waals surface area contributed by atoms with Crippen LogP contribution in [0, 0.1) is 40.4 Å². The van der Waals surface area contributed by atoms with Gasteiger partial charge in [0, 0.05) is 40.4 Å². The van der Waals surface area contributed by atoms with Gasteiger partial charge in [0.05, 0.1) is 6.42 Å². The van der Waals surface area contributed by atoms with Crippen LogP contribution in [-0.4, -0.2) is 22.6 Å². The predicted octanol–water partition coefficient (Wildman–Crippen LogP) is -0.381. The van der Waals surface area contributed by atoms with Crippen LogP contribution in [-0.2, 0) is 14.4 Å². The zero-order chi connectivity index (χ0) is 7.44. The average molecular weight is 280 g/mol. The summed E-state index contributed by atoms with van der Waals surface area (Å²) in [6, 6.07) is 0. The fourth-order valence-electron chi connectivity index (χ4n) is 0.302. The Morgan fingerprint density at radius 2 is 1.70 bits per heavy atom. The largest absolute Gasteiger partial charge is 0.475 e. The van der Waals surface area contributed by atoms with Crippen LogP contribution in [0.15, 0.2) is 0 Å². The fourth-order valence-corrected chi connectivity index (χ4v) is 0.302.